The van der Waals surface area contributed by atoms with Crippen molar-refractivity contribution >= 4 is 17.8 Å². The molecule has 0 aromatic heterocycles. The van der Waals surface area contributed by atoms with Gasteiger partial charge in [0.2, 0.25) is 5.91 Å². The van der Waals surface area contributed by atoms with Gasteiger partial charge in [0.05, 0.1) is 0 Å². The molecule has 0 aliphatic heterocycles. The number of carbonyl (C=O) groups excluding carboxylic acids is 2. The fourth-order valence-corrected chi connectivity index (χ4v) is 6.06. The fourth-order valence-electron chi connectivity index (χ4n) is 6.06. The highest BCUT2D eigenvalue weighted by Crippen LogP contribution is 2.15. The predicted octanol–water partition coefficient (Wildman–Crippen LogP) is 12.2. The van der Waals surface area contributed by atoms with E-state index in [1.807, 2.05) is 6.08 Å². The van der Waals surface area contributed by atoms with Gasteiger partial charge in [0.1, 0.15) is 12.1 Å². The highest BCUT2D eigenvalue weighted by Gasteiger charge is 2.18. The molecule has 0 heterocycles. The zero-order valence-corrected chi connectivity index (χ0v) is 34.1. The Hall–Kier alpha value is -2.93. The van der Waals surface area contributed by atoms with Crippen LogP contribution in [-0.2, 0) is 19.1 Å². The third-order valence-corrected chi connectivity index (χ3v) is 9.30. The maximum absolute atomic E-state index is 12.7. The normalized spacial score (nSPS) is 13.3. The summed E-state index contributed by atoms with van der Waals surface area (Å²) in [7, 11) is 0. The number of carbonyl (C=O) groups is 3. The number of nitrogens with one attached hydrogen (secondary N) is 1. The quantitative estimate of drug-likeness (QED) is 0.0329. The van der Waals surface area contributed by atoms with Gasteiger partial charge in [-0.2, -0.15) is 0 Å². The van der Waals surface area contributed by atoms with Crippen molar-refractivity contribution in [1.82, 2.24) is 5.32 Å². The zero-order chi connectivity index (χ0) is 38.9. The van der Waals surface area contributed by atoms with E-state index in [9.17, 15) is 19.5 Å². The van der Waals surface area contributed by atoms with Crippen LogP contribution in [0, 0.1) is 0 Å². The van der Waals surface area contributed by atoms with Crippen molar-refractivity contribution in [2.24, 2.45) is 5.73 Å². The highest BCUT2D eigenvalue weighted by molar-refractivity contribution is 5.83. The molecule has 304 valence electrons. The first-order valence-corrected chi connectivity index (χ1v) is 21.6. The molecule has 0 radical (unpaired) electrons. The van der Waals surface area contributed by atoms with Crippen LogP contribution in [0.2, 0.25) is 0 Å². The number of carboxylic acid groups (broad SMARTS) is 1. The summed E-state index contributed by atoms with van der Waals surface area (Å²) < 4.78 is 5.92. The maximum atomic E-state index is 12.7. The second-order valence-electron chi connectivity index (χ2n) is 14.4. The molecule has 2 atom stereocenters. The van der Waals surface area contributed by atoms with Crippen LogP contribution in [0.1, 0.15) is 194 Å². The Balaban J connectivity index is 4.43. The van der Waals surface area contributed by atoms with Crippen molar-refractivity contribution in [1.29, 1.82) is 0 Å². The number of hydrogen-bond acceptors (Lipinski definition) is 5. The van der Waals surface area contributed by atoms with E-state index in [1.54, 1.807) is 0 Å². The van der Waals surface area contributed by atoms with E-state index >= 15 is 0 Å². The maximum Gasteiger partial charge on any atom is 0.326 e. The molecular weight excluding hydrogens is 661 g/mol. The van der Waals surface area contributed by atoms with Crippen molar-refractivity contribution in [2.45, 2.75) is 206 Å². The molecule has 2 unspecified atom stereocenters. The third-order valence-electron chi connectivity index (χ3n) is 9.30. The standard InChI is InChI=1S/C46H80N2O5/c1-3-5-7-9-11-13-15-16-17-18-19-21-23-25-30-34-40-45(50)53-42(36-31-27-24-22-20-14-12-10-8-6-4-2)37-32-28-26-29-33-39-44(49)48-43(46(51)52)38-35-41-47/h6,8,12,14,17-18,22,24,31,36,42-43H,3-5,7,9-11,13,15-16,19-21,23,25-30,32-35,37-41,47H2,1-2H3,(H,48,49)(H,51,52)/b8-6-,14-12-,18-17-,24-22-,36-31-. The molecule has 0 saturated carbocycles. The van der Waals surface area contributed by atoms with Gasteiger partial charge in [0.15, 0.2) is 0 Å². The molecule has 0 rings (SSSR count). The van der Waals surface area contributed by atoms with E-state index in [4.69, 9.17) is 10.5 Å². The number of amides is 1. The van der Waals surface area contributed by atoms with Crippen LogP contribution in [0.5, 0.6) is 0 Å². The number of rotatable bonds is 38. The van der Waals surface area contributed by atoms with E-state index in [0.29, 0.717) is 32.2 Å². The van der Waals surface area contributed by atoms with E-state index in [1.165, 1.54) is 64.2 Å². The Kier molecular flexibility index (Phi) is 38.0. The summed E-state index contributed by atoms with van der Waals surface area (Å²) in [5.74, 6) is -1.34. The first kappa shape index (κ1) is 50.1. The lowest BCUT2D eigenvalue weighted by atomic mass is 10.1. The lowest BCUT2D eigenvalue weighted by molar-refractivity contribution is -0.147. The van der Waals surface area contributed by atoms with Crippen LogP contribution >= 0.6 is 0 Å². The average Bonchev–Trinajstić information content (AvgIpc) is 3.14. The molecule has 0 aromatic rings. The molecule has 0 bridgehead atoms. The highest BCUT2D eigenvalue weighted by atomic mass is 16.5. The number of ether oxygens (including phenoxy) is 1. The Morgan fingerprint density at radius 1 is 0.585 bits per heavy atom. The monoisotopic (exact) mass is 741 g/mol. The van der Waals surface area contributed by atoms with E-state index < -0.39 is 12.0 Å². The second-order valence-corrected chi connectivity index (χ2v) is 14.4. The van der Waals surface area contributed by atoms with Crippen molar-refractivity contribution in [3.63, 3.8) is 0 Å². The van der Waals surface area contributed by atoms with E-state index in [2.05, 4.69) is 73.8 Å². The van der Waals surface area contributed by atoms with E-state index in [-0.39, 0.29) is 18.0 Å². The first-order valence-electron chi connectivity index (χ1n) is 21.6. The molecule has 4 N–H and O–H groups in total. The zero-order valence-electron chi connectivity index (χ0n) is 34.1. The largest absolute Gasteiger partial charge is 0.480 e. The molecule has 0 saturated heterocycles. The van der Waals surface area contributed by atoms with Gasteiger partial charge in [-0.1, -0.05) is 146 Å². The topological polar surface area (TPSA) is 119 Å². The molecule has 0 spiro atoms. The average molecular weight is 741 g/mol. The molecule has 0 aliphatic carbocycles. The molecule has 0 aliphatic rings. The molecule has 1 amide bonds. The van der Waals surface area contributed by atoms with Gasteiger partial charge >= 0.3 is 11.9 Å². The summed E-state index contributed by atoms with van der Waals surface area (Å²) >= 11 is 0. The van der Waals surface area contributed by atoms with Gasteiger partial charge < -0.3 is 20.9 Å². The van der Waals surface area contributed by atoms with Gasteiger partial charge in [-0.25, -0.2) is 4.79 Å². The van der Waals surface area contributed by atoms with Crippen LogP contribution in [0.4, 0.5) is 0 Å². The van der Waals surface area contributed by atoms with Crippen molar-refractivity contribution in [3.05, 3.63) is 60.8 Å². The SMILES string of the molecule is CC/C=C\C/C=C\C/C=C\C/C=C\C(CCCCCCCC(=O)NC(CCCN)C(=O)O)OC(=O)CCCCCCC/C=C\CCCCCCCCC. The minimum Gasteiger partial charge on any atom is -0.480 e. The van der Waals surface area contributed by atoms with Crippen LogP contribution in [0.15, 0.2) is 60.8 Å². The molecule has 0 aromatic carbocycles. The lowest BCUT2D eigenvalue weighted by Gasteiger charge is -2.15. The molecular formula is C46H80N2O5. The summed E-state index contributed by atoms with van der Waals surface area (Å²) in [6, 6.07) is -0.870. The minimum absolute atomic E-state index is 0.108. The summed E-state index contributed by atoms with van der Waals surface area (Å²) in [6.07, 6.45) is 50.0. The Morgan fingerprint density at radius 2 is 1.09 bits per heavy atom. The van der Waals surface area contributed by atoms with Crippen LogP contribution in [-0.4, -0.2) is 41.6 Å². The molecule has 7 nitrogen and oxygen atoms in total. The summed E-state index contributed by atoms with van der Waals surface area (Å²) in [5, 5.41) is 11.9. The van der Waals surface area contributed by atoms with Crippen molar-refractivity contribution < 1.29 is 24.2 Å². The number of esters is 1. The summed E-state index contributed by atoms with van der Waals surface area (Å²) in [4.78, 5) is 36.3. The van der Waals surface area contributed by atoms with Crippen LogP contribution in [0.25, 0.3) is 0 Å². The predicted molar refractivity (Wildman–Crippen MR) is 225 cm³/mol. The summed E-state index contributed by atoms with van der Waals surface area (Å²) in [6.45, 7) is 4.81. The Morgan fingerprint density at radius 3 is 1.66 bits per heavy atom. The van der Waals surface area contributed by atoms with Gasteiger partial charge in [-0.05, 0) is 103 Å². The smallest absolute Gasteiger partial charge is 0.326 e. The van der Waals surface area contributed by atoms with Crippen LogP contribution in [0.3, 0.4) is 0 Å². The number of unbranched alkanes of at least 4 members (excludes halogenated alkanes) is 16. The number of carboxylic acids is 1. The van der Waals surface area contributed by atoms with Crippen LogP contribution < -0.4 is 11.1 Å². The van der Waals surface area contributed by atoms with E-state index in [0.717, 1.165) is 89.9 Å². The first-order chi connectivity index (χ1) is 25.9. The number of allylic oxidation sites excluding steroid dienone is 9. The second kappa shape index (κ2) is 40.3. The Bertz CT molecular complexity index is 1020. The van der Waals surface area contributed by atoms with Gasteiger partial charge in [0, 0.05) is 12.8 Å². The third kappa shape index (κ3) is 37.2. The Labute approximate surface area is 325 Å². The van der Waals surface area contributed by atoms with Crippen molar-refractivity contribution in [2.75, 3.05) is 6.54 Å². The summed E-state index contributed by atoms with van der Waals surface area (Å²) in [5.41, 5.74) is 5.48. The van der Waals surface area contributed by atoms with Crippen molar-refractivity contribution in [3.8, 4) is 0 Å². The molecule has 53 heavy (non-hydrogen) atoms. The number of hydrogen-bond donors (Lipinski definition) is 3. The van der Waals surface area contributed by atoms with Gasteiger partial charge in [-0.15, -0.1) is 0 Å². The number of nitrogens with two attached hydrogens (primary N) is 1. The fraction of sp³-hybridized carbons (Fsp3) is 0.717. The molecule has 7 heteroatoms. The minimum atomic E-state index is -1.02. The van der Waals surface area contributed by atoms with Gasteiger partial charge in [0.25, 0.3) is 0 Å². The lowest BCUT2D eigenvalue weighted by Crippen LogP contribution is -2.40. The number of aliphatic carboxylic acids is 1. The molecule has 0 fully saturated rings. The van der Waals surface area contributed by atoms with Gasteiger partial charge in [-0.3, -0.25) is 9.59 Å².